The Morgan fingerprint density at radius 2 is 1.58 bits per heavy atom. The van der Waals surface area contributed by atoms with Gasteiger partial charge in [0.2, 0.25) is 5.69 Å². The number of nitrogens with one attached hydrogen (secondary N) is 1. The summed E-state index contributed by atoms with van der Waals surface area (Å²) in [6.45, 7) is 0. The quantitative estimate of drug-likeness (QED) is 0.216. The molecule has 1 N–H and O–H groups in total. The highest BCUT2D eigenvalue weighted by Gasteiger charge is 2.30. The van der Waals surface area contributed by atoms with Gasteiger partial charge in [-0.15, -0.1) is 0 Å². The van der Waals surface area contributed by atoms with Crippen LogP contribution in [0.5, 0.6) is 5.75 Å². The van der Waals surface area contributed by atoms with Crippen LogP contribution in [-0.2, 0) is 0 Å². The lowest BCUT2D eigenvalue weighted by atomic mass is 10.2. The molecule has 2 heterocycles. The number of anilines is 1. The highest BCUT2D eigenvalue weighted by Crippen LogP contribution is 2.28. The summed E-state index contributed by atoms with van der Waals surface area (Å²) in [5.41, 5.74) is 4.95. The van der Waals surface area contributed by atoms with Crippen molar-refractivity contribution in [3.63, 3.8) is 0 Å². The van der Waals surface area contributed by atoms with Gasteiger partial charge in [0.25, 0.3) is 5.82 Å². The zero-order valence-corrected chi connectivity index (χ0v) is 20.3. The molecule has 0 fully saturated rings. The van der Waals surface area contributed by atoms with Crippen molar-refractivity contribution in [2.24, 2.45) is 0 Å². The SMILES string of the molecule is COc1ccc(-n2c(C(=S)Nc3ccc(Br)cc3)c3cccc[n+]3c2-c2ccccc2)cc1. The van der Waals surface area contributed by atoms with E-state index in [0.717, 1.165) is 44.2 Å². The third-order valence-corrected chi connectivity index (χ3v) is 6.27. The molecule has 0 aliphatic carbocycles. The van der Waals surface area contributed by atoms with E-state index in [1.807, 2.05) is 66.7 Å². The van der Waals surface area contributed by atoms with Crippen molar-refractivity contribution in [2.45, 2.75) is 0 Å². The van der Waals surface area contributed by atoms with Crippen LogP contribution in [0.1, 0.15) is 5.69 Å². The van der Waals surface area contributed by atoms with Gasteiger partial charge >= 0.3 is 0 Å². The first-order valence-corrected chi connectivity index (χ1v) is 11.7. The summed E-state index contributed by atoms with van der Waals surface area (Å²) in [5.74, 6) is 1.83. The molecule has 0 amide bonds. The van der Waals surface area contributed by atoms with Crippen LogP contribution >= 0.6 is 28.1 Å². The summed E-state index contributed by atoms with van der Waals surface area (Å²) in [4.78, 5) is 0.638. The summed E-state index contributed by atoms with van der Waals surface area (Å²) >= 11 is 9.47. The van der Waals surface area contributed by atoms with Crippen LogP contribution in [0.4, 0.5) is 5.69 Å². The third kappa shape index (κ3) is 4.15. The fraction of sp³-hybridized carbons (Fsp3) is 0.0370. The smallest absolute Gasteiger partial charge is 0.299 e. The maximum atomic E-state index is 5.98. The van der Waals surface area contributed by atoms with Gasteiger partial charge in [0.15, 0.2) is 10.5 Å². The molecule has 0 spiro atoms. The topological polar surface area (TPSA) is 30.3 Å². The molecule has 0 bridgehead atoms. The van der Waals surface area contributed by atoms with Gasteiger partial charge in [0, 0.05) is 10.2 Å². The Morgan fingerprint density at radius 1 is 0.879 bits per heavy atom. The Morgan fingerprint density at radius 3 is 2.27 bits per heavy atom. The zero-order chi connectivity index (χ0) is 22.8. The van der Waals surface area contributed by atoms with E-state index in [9.17, 15) is 0 Å². The van der Waals surface area contributed by atoms with Crippen LogP contribution in [0.15, 0.2) is 108 Å². The predicted octanol–water partition coefficient (Wildman–Crippen LogP) is 6.44. The number of imidazole rings is 1. The van der Waals surface area contributed by atoms with Gasteiger partial charge in [-0.1, -0.05) is 52.4 Å². The Bertz CT molecular complexity index is 1430. The zero-order valence-electron chi connectivity index (χ0n) is 17.9. The van der Waals surface area contributed by atoms with E-state index in [1.54, 1.807) is 7.11 Å². The second-order valence-corrected chi connectivity index (χ2v) is 8.81. The van der Waals surface area contributed by atoms with Crippen molar-refractivity contribution in [3.05, 3.63) is 113 Å². The molecule has 2 aromatic heterocycles. The Balaban J connectivity index is 1.76. The van der Waals surface area contributed by atoms with E-state index >= 15 is 0 Å². The van der Waals surface area contributed by atoms with Gasteiger partial charge in [-0.2, -0.15) is 8.97 Å². The van der Waals surface area contributed by atoms with Crippen LogP contribution in [0, 0.1) is 0 Å². The van der Waals surface area contributed by atoms with Crippen molar-refractivity contribution in [1.82, 2.24) is 4.57 Å². The molecule has 0 saturated carbocycles. The molecule has 5 rings (SSSR count). The van der Waals surface area contributed by atoms with Gasteiger partial charge in [0.1, 0.15) is 11.4 Å². The van der Waals surface area contributed by atoms with Crippen LogP contribution in [0.3, 0.4) is 0 Å². The number of hydrogen-bond acceptors (Lipinski definition) is 2. The lowest BCUT2D eigenvalue weighted by molar-refractivity contribution is -0.499. The summed E-state index contributed by atoms with van der Waals surface area (Å²) in [6, 6.07) is 32.6. The largest absolute Gasteiger partial charge is 0.497 e. The highest BCUT2D eigenvalue weighted by atomic mass is 79.9. The molecule has 0 radical (unpaired) electrons. The fourth-order valence-electron chi connectivity index (χ4n) is 3.93. The van der Waals surface area contributed by atoms with Crippen molar-refractivity contribution in [3.8, 4) is 22.8 Å². The molecule has 0 saturated heterocycles. The van der Waals surface area contributed by atoms with E-state index in [1.165, 1.54) is 0 Å². The van der Waals surface area contributed by atoms with E-state index in [0.29, 0.717) is 4.99 Å². The summed E-state index contributed by atoms with van der Waals surface area (Å²) < 4.78 is 10.8. The maximum Gasteiger partial charge on any atom is 0.299 e. The van der Waals surface area contributed by atoms with Gasteiger partial charge in [-0.25, -0.2) is 0 Å². The number of nitrogens with zero attached hydrogens (tertiary/aromatic N) is 2. The number of rotatable bonds is 5. The first-order chi connectivity index (χ1) is 16.2. The minimum absolute atomic E-state index is 0.638. The lowest BCUT2D eigenvalue weighted by Gasteiger charge is -2.09. The van der Waals surface area contributed by atoms with Crippen molar-refractivity contribution in [1.29, 1.82) is 0 Å². The first kappa shape index (κ1) is 21.4. The molecule has 33 heavy (non-hydrogen) atoms. The standard InChI is InChI=1S/C27H20BrN3OS/c1-32-23-16-14-22(15-17-23)31-25(26(33)29-21-12-10-20(28)11-13-21)24-9-5-6-18-30(24)27(31)19-7-3-2-4-8-19/h2-18H,1H3/p+1. The second kappa shape index (κ2) is 9.17. The Kier molecular flexibility index (Phi) is 5.94. The number of benzene rings is 3. The molecule has 0 aliphatic heterocycles. The monoisotopic (exact) mass is 514 g/mol. The lowest BCUT2D eigenvalue weighted by Crippen LogP contribution is -2.22. The number of pyridine rings is 1. The molecule has 3 aromatic carbocycles. The third-order valence-electron chi connectivity index (χ3n) is 5.45. The van der Waals surface area contributed by atoms with Gasteiger partial charge in [-0.3, -0.25) is 0 Å². The molecule has 6 heteroatoms. The number of aromatic nitrogens is 2. The molecule has 162 valence electrons. The molecule has 0 unspecified atom stereocenters. The molecule has 5 aromatic rings. The van der Waals surface area contributed by atoms with E-state index in [4.69, 9.17) is 17.0 Å². The fourth-order valence-corrected chi connectivity index (χ4v) is 4.51. The van der Waals surface area contributed by atoms with Crippen molar-refractivity contribution < 1.29 is 9.14 Å². The number of ether oxygens (including phenoxy) is 1. The average Bonchev–Trinajstić information content (AvgIpc) is 3.21. The first-order valence-electron chi connectivity index (χ1n) is 10.5. The summed E-state index contributed by atoms with van der Waals surface area (Å²) in [6.07, 6.45) is 2.07. The molecule has 4 nitrogen and oxygen atoms in total. The Hall–Kier alpha value is -3.48. The molecule has 0 atom stereocenters. The van der Waals surface area contributed by atoms with Gasteiger partial charge in [0.05, 0.1) is 18.9 Å². The van der Waals surface area contributed by atoms with Crippen LogP contribution < -0.4 is 14.5 Å². The summed E-state index contributed by atoms with van der Waals surface area (Å²) in [5, 5.41) is 3.43. The van der Waals surface area contributed by atoms with Crippen molar-refractivity contribution >= 4 is 44.3 Å². The Labute approximate surface area is 206 Å². The minimum Gasteiger partial charge on any atom is -0.497 e. The predicted molar refractivity (Wildman–Crippen MR) is 140 cm³/mol. The second-order valence-electron chi connectivity index (χ2n) is 7.49. The van der Waals surface area contributed by atoms with Gasteiger partial charge < -0.3 is 10.1 Å². The number of halogens is 1. The highest BCUT2D eigenvalue weighted by molar-refractivity contribution is 9.10. The van der Waals surface area contributed by atoms with Crippen LogP contribution in [0.2, 0.25) is 0 Å². The van der Waals surface area contributed by atoms with E-state index in [2.05, 4.69) is 66.7 Å². The van der Waals surface area contributed by atoms with Crippen LogP contribution in [-0.4, -0.2) is 16.7 Å². The minimum atomic E-state index is 0.638. The number of thiocarbonyl (C=S) groups is 1. The number of methoxy groups -OCH3 is 1. The maximum absolute atomic E-state index is 5.98. The van der Waals surface area contributed by atoms with Crippen LogP contribution in [0.25, 0.3) is 22.6 Å². The van der Waals surface area contributed by atoms with E-state index < -0.39 is 0 Å². The summed E-state index contributed by atoms with van der Waals surface area (Å²) in [7, 11) is 1.67. The molecular weight excluding hydrogens is 494 g/mol. The van der Waals surface area contributed by atoms with Gasteiger partial charge in [-0.05, 0) is 72.8 Å². The number of fused-ring (bicyclic) bond motifs is 1. The molecule has 0 aliphatic rings. The van der Waals surface area contributed by atoms with E-state index in [-0.39, 0.29) is 0 Å². The normalized spacial score (nSPS) is 10.8. The van der Waals surface area contributed by atoms with Crippen molar-refractivity contribution in [2.75, 3.05) is 12.4 Å². The number of hydrogen-bond donors (Lipinski definition) is 1. The average molecular weight is 515 g/mol. The molecular formula is C27H21BrN3OS+.